The Bertz CT molecular complexity index is 210. The van der Waals surface area contributed by atoms with Gasteiger partial charge in [-0.1, -0.05) is 27.7 Å². The lowest BCUT2D eigenvalue weighted by atomic mass is 9.61. The van der Waals surface area contributed by atoms with E-state index in [-0.39, 0.29) is 0 Å². The third-order valence-corrected chi connectivity index (χ3v) is 4.09. The highest BCUT2D eigenvalue weighted by Gasteiger charge is 2.50. The maximum Gasteiger partial charge on any atom is 0.0704 e. The monoisotopic (exact) mass is 243 g/mol. The summed E-state index contributed by atoms with van der Waals surface area (Å²) in [5.41, 5.74) is 0.306. The highest BCUT2D eigenvalue weighted by Crippen LogP contribution is 2.45. The molecule has 0 aromatic rings. The Kier molecular flexibility index (Phi) is 6.45. The topological polar surface area (TPSA) is 30.5 Å². The van der Waals surface area contributed by atoms with Gasteiger partial charge in [0.2, 0.25) is 0 Å². The molecule has 1 N–H and O–H groups in total. The Morgan fingerprint density at radius 1 is 1.18 bits per heavy atom. The summed E-state index contributed by atoms with van der Waals surface area (Å²) in [5.74, 6) is 0. The molecule has 0 bridgehead atoms. The van der Waals surface area contributed by atoms with E-state index < -0.39 is 0 Å². The van der Waals surface area contributed by atoms with Crippen LogP contribution in [0, 0.1) is 5.41 Å². The molecule has 0 heterocycles. The van der Waals surface area contributed by atoms with Crippen molar-refractivity contribution >= 4 is 0 Å². The van der Waals surface area contributed by atoms with Crippen molar-refractivity contribution in [2.75, 3.05) is 26.4 Å². The quantitative estimate of drug-likeness (QED) is 0.631. The third-order valence-electron chi connectivity index (χ3n) is 4.09. The zero-order chi connectivity index (χ0) is 12.7. The normalized spacial score (nSPS) is 32.5. The fourth-order valence-electron chi connectivity index (χ4n) is 2.61. The molecule has 0 spiro atoms. The zero-order valence-electron chi connectivity index (χ0n) is 11.9. The summed E-state index contributed by atoms with van der Waals surface area (Å²) in [4.78, 5) is 0. The van der Waals surface area contributed by atoms with E-state index >= 15 is 0 Å². The second-order valence-corrected chi connectivity index (χ2v) is 5.18. The zero-order valence-corrected chi connectivity index (χ0v) is 11.9. The van der Waals surface area contributed by atoms with E-state index in [1.54, 1.807) is 0 Å². The van der Waals surface area contributed by atoms with Gasteiger partial charge in [-0.3, -0.25) is 0 Å². The van der Waals surface area contributed by atoms with Crippen molar-refractivity contribution in [1.82, 2.24) is 5.32 Å². The first-order valence-electron chi connectivity index (χ1n) is 7.11. The van der Waals surface area contributed by atoms with Gasteiger partial charge in [0.15, 0.2) is 0 Å². The first-order chi connectivity index (χ1) is 8.19. The number of hydrogen-bond donors (Lipinski definition) is 1. The molecule has 0 aromatic carbocycles. The summed E-state index contributed by atoms with van der Waals surface area (Å²) in [6.45, 7) is 12.3. The Morgan fingerprint density at radius 2 is 1.94 bits per heavy atom. The Hall–Kier alpha value is -0.120. The minimum absolute atomic E-state index is 0.306. The first-order valence-corrected chi connectivity index (χ1v) is 7.11. The standard InChI is InChI=1S/C14H29NO2/c1-5-8-16-9-10-17-13-11-12(15-7-3)14(13,4)6-2/h12-13,15H,5-11H2,1-4H3. The average Bonchev–Trinajstić information content (AvgIpc) is 2.35. The van der Waals surface area contributed by atoms with Crippen LogP contribution in [-0.2, 0) is 9.47 Å². The molecule has 1 rings (SSSR count). The molecule has 3 heteroatoms. The first kappa shape index (κ1) is 14.9. The van der Waals surface area contributed by atoms with Crippen molar-refractivity contribution < 1.29 is 9.47 Å². The lowest BCUT2D eigenvalue weighted by Crippen LogP contribution is -2.62. The van der Waals surface area contributed by atoms with E-state index in [4.69, 9.17) is 9.47 Å². The van der Waals surface area contributed by atoms with Crippen molar-refractivity contribution in [2.24, 2.45) is 5.41 Å². The van der Waals surface area contributed by atoms with Gasteiger partial charge >= 0.3 is 0 Å². The molecule has 3 atom stereocenters. The van der Waals surface area contributed by atoms with Crippen molar-refractivity contribution in [3.8, 4) is 0 Å². The molecule has 3 unspecified atom stereocenters. The molecule has 1 aliphatic carbocycles. The van der Waals surface area contributed by atoms with Crippen LogP contribution >= 0.6 is 0 Å². The predicted molar refractivity (Wildman–Crippen MR) is 71.3 cm³/mol. The second kappa shape index (κ2) is 7.34. The number of nitrogens with one attached hydrogen (secondary N) is 1. The number of rotatable bonds is 9. The molecular weight excluding hydrogens is 214 g/mol. The van der Waals surface area contributed by atoms with E-state index in [0.29, 0.717) is 17.6 Å². The fraction of sp³-hybridized carbons (Fsp3) is 1.00. The van der Waals surface area contributed by atoms with E-state index in [1.807, 2.05) is 0 Å². The van der Waals surface area contributed by atoms with Gasteiger partial charge < -0.3 is 14.8 Å². The van der Waals surface area contributed by atoms with E-state index in [1.165, 1.54) is 6.42 Å². The summed E-state index contributed by atoms with van der Waals surface area (Å²) < 4.78 is 11.4. The third kappa shape index (κ3) is 3.67. The molecule has 0 aromatic heterocycles. The molecule has 0 aliphatic heterocycles. The van der Waals surface area contributed by atoms with Gasteiger partial charge in [0.05, 0.1) is 19.3 Å². The minimum atomic E-state index is 0.306. The van der Waals surface area contributed by atoms with E-state index in [0.717, 1.165) is 39.2 Å². The van der Waals surface area contributed by atoms with Gasteiger partial charge in [0.1, 0.15) is 0 Å². The van der Waals surface area contributed by atoms with Crippen LogP contribution < -0.4 is 5.32 Å². The van der Waals surface area contributed by atoms with Crippen LogP contribution in [0.25, 0.3) is 0 Å². The van der Waals surface area contributed by atoms with Crippen molar-refractivity contribution in [3.05, 3.63) is 0 Å². The van der Waals surface area contributed by atoms with E-state index in [9.17, 15) is 0 Å². The number of hydrogen-bond acceptors (Lipinski definition) is 3. The smallest absolute Gasteiger partial charge is 0.0704 e. The van der Waals surface area contributed by atoms with Crippen LogP contribution in [-0.4, -0.2) is 38.5 Å². The molecule has 1 fully saturated rings. The SMILES string of the molecule is CCCOCCOC1CC(NCC)C1(C)CC. The van der Waals surface area contributed by atoms with Crippen molar-refractivity contribution in [2.45, 2.75) is 59.1 Å². The van der Waals surface area contributed by atoms with Crippen molar-refractivity contribution in [3.63, 3.8) is 0 Å². The fourth-order valence-corrected chi connectivity index (χ4v) is 2.61. The van der Waals surface area contributed by atoms with Crippen LogP contribution in [0.5, 0.6) is 0 Å². The van der Waals surface area contributed by atoms with Gasteiger partial charge in [-0.2, -0.15) is 0 Å². The van der Waals surface area contributed by atoms with E-state index in [2.05, 4.69) is 33.0 Å². The molecule has 1 aliphatic rings. The van der Waals surface area contributed by atoms with Crippen LogP contribution in [0.15, 0.2) is 0 Å². The molecule has 102 valence electrons. The Balaban J connectivity index is 2.21. The van der Waals surface area contributed by atoms with Gasteiger partial charge in [0, 0.05) is 18.1 Å². The summed E-state index contributed by atoms with van der Waals surface area (Å²) in [5, 5.41) is 3.55. The molecule has 0 radical (unpaired) electrons. The van der Waals surface area contributed by atoms with Crippen LogP contribution in [0.2, 0.25) is 0 Å². The maximum absolute atomic E-state index is 5.94. The van der Waals surface area contributed by atoms with Gasteiger partial charge in [-0.25, -0.2) is 0 Å². The Morgan fingerprint density at radius 3 is 2.53 bits per heavy atom. The Labute approximate surface area is 106 Å². The summed E-state index contributed by atoms with van der Waals surface area (Å²) in [7, 11) is 0. The highest BCUT2D eigenvalue weighted by molar-refractivity contribution is 5.04. The highest BCUT2D eigenvalue weighted by atomic mass is 16.5. The number of ether oxygens (including phenoxy) is 2. The molecule has 1 saturated carbocycles. The molecule has 0 amide bonds. The lowest BCUT2D eigenvalue weighted by molar-refractivity contribution is -0.137. The minimum Gasteiger partial charge on any atom is -0.379 e. The van der Waals surface area contributed by atoms with Crippen LogP contribution in [0.4, 0.5) is 0 Å². The van der Waals surface area contributed by atoms with Crippen molar-refractivity contribution in [1.29, 1.82) is 0 Å². The largest absolute Gasteiger partial charge is 0.379 e. The molecular formula is C14H29NO2. The molecule has 0 saturated heterocycles. The van der Waals surface area contributed by atoms with Crippen LogP contribution in [0.3, 0.4) is 0 Å². The van der Waals surface area contributed by atoms with Gasteiger partial charge in [-0.05, 0) is 25.8 Å². The summed E-state index contributed by atoms with van der Waals surface area (Å²) in [6.07, 6.45) is 3.80. The second-order valence-electron chi connectivity index (χ2n) is 5.18. The molecule has 17 heavy (non-hydrogen) atoms. The maximum atomic E-state index is 5.94. The predicted octanol–water partition coefficient (Wildman–Crippen LogP) is 2.60. The van der Waals surface area contributed by atoms with Gasteiger partial charge in [0.25, 0.3) is 0 Å². The lowest BCUT2D eigenvalue weighted by Gasteiger charge is -2.53. The summed E-state index contributed by atoms with van der Waals surface area (Å²) >= 11 is 0. The summed E-state index contributed by atoms with van der Waals surface area (Å²) in [6, 6.07) is 0.624. The van der Waals surface area contributed by atoms with Crippen LogP contribution in [0.1, 0.15) is 47.0 Å². The van der Waals surface area contributed by atoms with Gasteiger partial charge in [-0.15, -0.1) is 0 Å². The average molecular weight is 243 g/mol. The molecule has 3 nitrogen and oxygen atoms in total.